The normalized spacial score (nSPS) is 17.3. The molecular weight excluding hydrogens is 746 g/mol. The maximum atomic E-state index is 12.9. The molecule has 4 rings (SSSR count). The summed E-state index contributed by atoms with van der Waals surface area (Å²) >= 11 is 12.8. The maximum absolute atomic E-state index is 12.9. The molecule has 0 aliphatic carbocycles. The third-order valence-electron chi connectivity index (χ3n) is 9.24. The van der Waals surface area contributed by atoms with Crippen LogP contribution in [0, 0.1) is 0 Å². The molecule has 0 unspecified atom stereocenters. The van der Waals surface area contributed by atoms with Gasteiger partial charge in [0.2, 0.25) is 5.91 Å². The number of aryl methyl sites for hydroxylation is 1. The molecule has 2 saturated heterocycles. The summed E-state index contributed by atoms with van der Waals surface area (Å²) in [7, 11) is 0. The fourth-order valence-electron chi connectivity index (χ4n) is 6.13. The first-order valence-electron chi connectivity index (χ1n) is 18.2. The first-order valence-corrected chi connectivity index (χ1v) is 18.9. The molecule has 298 valence electrons. The summed E-state index contributed by atoms with van der Waals surface area (Å²) in [6.45, 7) is 12.7. The number of piperazine rings is 1. The Bertz CT molecular complexity index is 1600. The fourth-order valence-corrected chi connectivity index (χ4v) is 6.65. The number of rotatable bonds is 13. The van der Waals surface area contributed by atoms with Gasteiger partial charge in [-0.3, -0.25) is 9.69 Å². The number of nitrogens with one attached hydrogen (secondary N) is 2. The van der Waals surface area contributed by atoms with Crippen LogP contribution in [0.2, 0.25) is 10.0 Å². The van der Waals surface area contributed by atoms with Gasteiger partial charge in [0, 0.05) is 86.4 Å². The van der Waals surface area contributed by atoms with E-state index in [2.05, 4.69) is 25.2 Å². The van der Waals surface area contributed by atoms with E-state index < -0.39 is 23.6 Å². The predicted molar refractivity (Wildman–Crippen MR) is 206 cm³/mol. The van der Waals surface area contributed by atoms with Gasteiger partial charge >= 0.3 is 12.5 Å². The van der Waals surface area contributed by atoms with Gasteiger partial charge < -0.3 is 35.6 Å². The van der Waals surface area contributed by atoms with Crippen molar-refractivity contribution in [1.29, 1.82) is 0 Å². The quantitative estimate of drug-likeness (QED) is 0.116. The number of alkyl halides is 3. The molecule has 11 nitrogen and oxygen atoms in total. The highest BCUT2D eigenvalue weighted by molar-refractivity contribution is 6.35. The molecule has 0 aromatic heterocycles. The van der Waals surface area contributed by atoms with Gasteiger partial charge in [0.05, 0.1) is 11.4 Å². The third-order valence-corrected chi connectivity index (χ3v) is 9.94. The lowest BCUT2D eigenvalue weighted by molar-refractivity contribution is -0.274. The zero-order chi connectivity index (χ0) is 39.5. The number of carbonyl (C=O) groups is 2. The first kappa shape index (κ1) is 43.0. The summed E-state index contributed by atoms with van der Waals surface area (Å²) in [5.41, 5.74) is 7.57. The molecule has 16 heteroatoms. The van der Waals surface area contributed by atoms with Crippen LogP contribution in [-0.4, -0.2) is 102 Å². The number of piperidine rings is 1. The van der Waals surface area contributed by atoms with Crippen molar-refractivity contribution >= 4 is 41.0 Å². The number of carbonyl (C=O) groups excluding carboxylic acids is 2. The average molecular weight is 799 g/mol. The molecule has 0 saturated carbocycles. The van der Waals surface area contributed by atoms with E-state index in [0.717, 1.165) is 43.0 Å². The number of hydrogen-bond acceptors (Lipinski definition) is 8. The molecule has 0 radical (unpaired) electrons. The number of benzene rings is 2. The van der Waals surface area contributed by atoms with Gasteiger partial charge in [0.15, 0.2) is 0 Å². The van der Waals surface area contributed by atoms with Crippen molar-refractivity contribution in [2.75, 3.05) is 52.4 Å². The lowest BCUT2D eigenvalue weighted by atomic mass is 9.88. The Morgan fingerprint density at radius 3 is 2.13 bits per heavy atom. The molecule has 2 aliphatic rings. The van der Waals surface area contributed by atoms with Gasteiger partial charge in [0.1, 0.15) is 11.4 Å². The molecule has 0 spiro atoms. The lowest BCUT2D eigenvalue weighted by Gasteiger charge is -2.38. The zero-order valence-electron chi connectivity index (χ0n) is 31.4. The molecule has 2 aromatic carbocycles. The minimum absolute atomic E-state index is 0.234. The Kier molecular flexibility index (Phi) is 15.3. The Morgan fingerprint density at radius 2 is 1.54 bits per heavy atom. The maximum Gasteiger partial charge on any atom is 0.573 e. The molecule has 2 aromatic rings. The first-order chi connectivity index (χ1) is 25.4. The summed E-state index contributed by atoms with van der Waals surface area (Å²) in [5.74, 6) is 0.206. The van der Waals surface area contributed by atoms with Crippen molar-refractivity contribution in [1.82, 2.24) is 25.3 Å². The van der Waals surface area contributed by atoms with Crippen LogP contribution >= 0.6 is 23.2 Å². The lowest BCUT2D eigenvalue weighted by Crippen LogP contribution is -2.60. The number of hydrogen-bond donors (Lipinski definition) is 3. The van der Waals surface area contributed by atoms with Crippen LogP contribution < -0.4 is 21.1 Å². The Hall–Kier alpha value is -3.72. The number of nitrogens with zero attached hydrogens (tertiary/aromatic N) is 4. The van der Waals surface area contributed by atoms with E-state index in [-0.39, 0.29) is 11.7 Å². The zero-order valence-corrected chi connectivity index (χ0v) is 32.9. The second kappa shape index (κ2) is 19.2. The van der Waals surface area contributed by atoms with Gasteiger partial charge in [-0.25, -0.2) is 9.79 Å². The average Bonchev–Trinajstić information content (AvgIpc) is 3.09. The van der Waals surface area contributed by atoms with Crippen molar-refractivity contribution in [2.45, 2.75) is 83.8 Å². The molecule has 2 fully saturated rings. The fraction of sp³-hybridized carbons (Fsp3) is 0.553. The van der Waals surface area contributed by atoms with E-state index in [1.807, 2.05) is 52.1 Å². The van der Waals surface area contributed by atoms with E-state index in [9.17, 15) is 22.8 Å². The van der Waals surface area contributed by atoms with Crippen LogP contribution in [0.3, 0.4) is 0 Å². The number of ether oxygens (including phenoxy) is 2. The van der Waals surface area contributed by atoms with Crippen LogP contribution in [0.15, 0.2) is 59.4 Å². The number of amidine groups is 1. The summed E-state index contributed by atoms with van der Waals surface area (Å²) in [6.07, 6.45) is -0.758. The molecule has 54 heavy (non-hydrogen) atoms. The SMILES string of the molecule is C/C(=N\C=C(/CCc1ccc(OC(F)(F)F)cc1)N1CCN(Cc2c(Cl)cccc2Cl)CC1)NCCCNC(=O)C1(N)CCN(C(=O)OC(C)(C)C)CC1. The highest BCUT2D eigenvalue weighted by Gasteiger charge is 2.39. The van der Waals surface area contributed by atoms with Crippen molar-refractivity contribution < 1.29 is 32.2 Å². The summed E-state index contributed by atoms with van der Waals surface area (Å²) in [6, 6.07) is 11.4. The Morgan fingerprint density at radius 1 is 0.926 bits per heavy atom. The van der Waals surface area contributed by atoms with Gasteiger partial charge in [-0.2, -0.15) is 0 Å². The van der Waals surface area contributed by atoms with E-state index in [0.29, 0.717) is 80.7 Å². The standard InChI is InChI=1S/C38H52Cl2F3N7O4/c1-27(45-17-6-18-46-34(51)37(44)15-19-50(20-16-37)35(52)54-36(2,3)4)47-25-29(12-9-28-10-13-30(14-11-28)53-38(41,42)43)49-23-21-48(22-24-49)26-31-32(39)7-5-8-33(31)40/h5,7-8,10-11,13-14,25H,6,9,12,15-24,26,44H2,1-4H3,(H,45,47)(H,46,51)/b29-25+. The van der Waals surface area contributed by atoms with Crippen molar-refractivity contribution in [3.63, 3.8) is 0 Å². The highest BCUT2D eigenvalue weighted by Crippen LogP contribution is 2.28. The number of allylic oxidation sites excluding steroid dienone is 1. The van der Waals surface area contributed by atoms with E-state index in [1.165, 1.54) is 12.1 Å². The van der Waals surface area contributed by atoms with Crippen molar-refractivity contribution in [3.8, 4) is 5.75 Å². The second-order valence-electron chi connectivity index (χ2n) is 14.6. The number of likely N-dealkylation sites (tertiary alicyclic amines) is 1. The highest BCUT2D eigenvalue weighted by atomic mass is 35.5. The smallest absolute Gasteiger partial charge is 0.444 e. The van der Waals surface area contributed by atoms with Crippen LogP contribution in [0.1, 0.15) is 64.5 Å². The number of aliphatic imine (C=N–C) groups is 1. The molecule has 2 aliphatic heterocycles. The van der Waals surface area contributed by atoms with Crippen LogP contribution in [0.25, 0.3) is 0 Å². The van der Waals surface area contributed by atoms with Crippen molar-refractivity contribution in [3.05, 3.63) is 75.5 Å². The summed E-state index contributed by atoms with van der Waals surface area (Å²) in [5, 5.41) is 7.50. The third kappa shape index (κ3) is 13.8. The molecule has 2 amide bonds. The minimum atomic E-state index is -4.74. The summed E-state index contributed by atoms with van der Waals surface area (Å²) in [4.78, 5) is 36.2. The molecular formula is C38H52Cl2F3N7O4. The Balaban J connectivity index is 1.28. The number of amides is 2. The molecule has 4 N–H and O–H groups in total. The number of halogens is 5. The largest absolute Gasteiger partial charge is 0.573 e. The Labute approximate surface area is 326 Å². The molecule has 0 bridgehead atoms. The predicted octanol–water partition coefficient (Wildman–Crippen LogP) is 6.73. The van der Waals surface area contributed by atoms with Gasteiger partial charge in [0.25, 0.3) is 0 Å². The molecule has 0 atom stereocenters. The van der Waals surface area contributed by atoms with Gasteiger partial charge in [-0.15, -0.1) is 13.2 Å². The number of nitrogens with two attached hydrogens (primary N) is 1. The van der Waals surface area contributed by atoms with E-state index in [4.69, 9.17) is 38.7 Å². The topological polar surface area (TPSA) is 125 Å². The van der Waals surface area contributed by atoms with Crippen LogP contribution in [-0.2, 0) is 22.5 Å². The van der Waals surface area contributed by atoms with E-state index >= 15 is 0 Å². The monoisotopic (exact) mass is 797 g/mol. The van der Waals surface area contributed by atoms with Crippen molar-refractivity contribution in [2.24, 2.45) is 10.7 Å². The second-order valence-corrected chi connectivity index (χ2v) is 15.5. The summed E-state index contributed by atoms with van der Waals surface area (Å²) < 4.78 is 47.4. The molecule has 2 heterocycles. The van der Waals surface area contributed by atoms with E-state index in [1.54, 1.807) is 17.0 Å². The minimum Gasteiger partial charge on any atom is -0.444 e. The van der Waals surface area contributed by atoms with Gasteiger partial charge in [-0.1, -0.05) is 41.4 Å². The van der Waals surface area contributed by atoms with Crippen LogP contribution in [0.4, 0.5) is 18.0 Å². The van der Waals surface area contributed by atoms with Crippen LogP contribution in [0.5, 0.6) is 5.75 Å². The van der Waals surface area contributed by atoms with Gasteiger partial charge in [-0.05, 0) is 89.6 Å².